The molecule has 0 saturated carbocycles. The Labute approximate surface area is 258 Å². The van der Waals surface area contributed by atoms with Crippen molar-refractivity contribution < 1.29 is 23.9 Å². The van der Waals surface area contributed by atoms with Gasteiger partial charge in [-0.2, -0.15) is 10.4 Å². The summed E-state index contributed by atoms with van der Waals surface area (Å²) in [5.74, 6) is 0.667. The van der Waals surface area contributed by atoms with E-state index >= 15 is 0 Å². The molecule has 0 aliphatic rings. The first-order valence-electron chi connectivity index (χ1n) is 13.8. The van der Waals surface area contributed by atoms with Crippen LogP contribution in [0, 0.1) is 18.3 Å². The van der Waals surface area contributed by atoms with E-state index in [2.05, 4.69) is 32.4 Å². The summed E-state index contributed by atoms with van der Waals surface area (Å²) in [4.78, 5) is 36.6. The van der Waals surface area contributed by atoms with Gasteiger partial charge in [-0.1, -0.05) is 12.1 Å². The van der Waals surface area contributed by atoms with Gasteiger partial charge in [0, 0.05) is 30.7 Å². The number of nitrogens with one attached hydrogen (secondary N) is 4. The molecule has 5 rings (SSSR count). The highest BCUT2D eigenvalue weighted by atomic mass is 16.5. The number of aryl methyl sites for hydroxylation is 1. The highest BCUT2D eigenvalue weighted by Crippen LogP contribution is 2.35. The van der Waals surface area contributed by atoms with Crippen molar-refractivity contribution in [1.29, 1.82) is 5.26 Å². The van der Waals surface area contributed by atoms with Crippen molar-refractivity contribution >= 4 is 51.7 Å². The zero-order valence-electron chi connectivity index (χ0n) is 24.9. The number of nitriles is 1. The molecule has 0 radical (unpaired) electrons. The third-order valence-electron chi connectivity index (χ3n) is 6.75. The number of rotatable bonds is 9. The smallest absolute Gasteiger partial charge is 0.255 e. The van der Waals surface area contributed by atoms with E-state index in [0.29, 0.717) is 56.6 Å². The van der Waals surface area contributed by atoms with Gasteiger partial charge in [0.2, 0.25) is 11.8 Å². The summed E-state index contributed by atoms with van der Waals surface area (Å²) >= 11 is 0. The first-order chi connectivity index (χ1) is 21.7. The molecular weight excluding hydrogens is 574 g/mol. The van der Waals surface area contributed by atoms with Crippen molar-refractivity contribution in [1.82, 2.24) is 9.61 Å². The second-order valence-corrected chi connectivity index (χ2v) is 9.99. The largest absolute Gasteiger partial charge is 0.493 e. The number of hydrogen-bond acceptors (Lipinski definition) is 8. The van der Waals surface area contributed by atoms with Gasteiger partial charge in [-0.05, 0) is 61.5 Å². The van der Waals surface area contributed by atoms with E-state index in [4.69, 9.17) is 9.47 Å². The van der Waals surface area contributed by atoms with Gasteiger partial charge < -0.3 is 30.7 Å². The van der Waals surface area contributed by atoms with Crippen LogP contribution in [0.1, 0.15) is 35.3 Å². The molecule has 3 amide bonds. The van der Waals surface area contributed by atoms with Crippen molar-refractivity contribution in [3.05, 3.63) is 95.8 Å². The molecule has 0 aliphatic heterocycles. The predicted octanol–water partition coefficient (Wildman–Crippen LogP) is 6.23. The van der Waals surface area contributed by atoms with Gasteiger partial charge in [0.15, 0.2) is 11.5 Å². The van der Waals surface area contributed by atoms with Gasteiger partial charge in [-0.15, -0.1) is 0 Å². The van der Waals surface area contributed by atoms with Crippen LogP contribution in [0.3, 0.4) is 0 Å². The molecule has 0 bridgehead atoms. The topological polar surface area (TPSA) is 159 Å². The van der Waals surface area contributed by atoms with E-state index < -0.39 is 5.91 Å². The Morgan fingerprint density at radius 2 is 1.56 bits per heavy atom. The Balaban J connectivity index is 1.41. The molecular formula is C33H29N7O5. The van der Waals surface area contributed by atoms with E-state index in [1.165, 1.54) is 32.2 Å². The van der Waals surface area contributed by atoms with E-state index in [9.17, 15) is 19.6 Å². The molecule has 12 heteroatoms. The molecule has 12 nitrogen and oxygen atoms in total. The Morgan fingerprint density at radius 3 is 2.22 bits per heavy atom. The van der Waals surface area contributed by atoms with Crippen LogP contribution in [0.25, 0.3) is 5.52 Å². The number of nitrogens with zero attached hydrogens (tertiary/aromatic N) is 3. The van der Waals surface area contributed by atoms with Gasteiger partial charge in [-0.3, -0.25) is 14.4 Å². The third-order valence-corrected chi connectivity index (χ3v) is 6.75. The number of anilines is 5. The second-order valence-electron chi connectivity index (χ2n) is 9.99. The lowest BCUT2D eigenvalue weighted by atomic mass is 10.1. The lowest BCUT2D eigenvalue weighted by Gasteiger charge is -2.13. The standard InChI is InChI=1S/C33H29N7O5/c1-19-28(39-33(43)22-9-14-26(36-20(2)41)27(15-22)37-21(3)42)18-40-32(19)31(23(16-34)17-35-40)38-24-10-12-25(13-11-24)45-30-8-6-5-7-29(30)44-4/h5-15,17-18,38H,1-4H3,(H,36,41)(H,37,42)(H,39,43). The Kier molecular flexibility index (Phi) is 8.62. The summed E-state index contributed by atoms with van der Waals surface area (Å²) in [5.41, 5.74) is 4.16. The number of aromatic nitrogens is 2. The molecule has 0 spiro atoms. The van der Waals surface area contributed by atoms with Gasteiger partial charge in [0.25, 0.3) is 5.91 Å². The Hall–Kier alpha value is -6.35. The minimum Gasteiger partial charge on any atom is -0.493 e. The van der Waals surface area contributed by atoms with Crippen LogP contribution in [0.15, 0.2) is 79.1 Å². The number of methoxy groups -OCH3 is 1. The summed E-state index contributed by atoms with van der Waals surface area (Å²) in [6, 6.07) is 21.3. The zero-order chi connectivity index (χ0) is 32.1. The fraction of sp³-hybridized carbons (Fsp3) is 0.121. The maximum Gasteiger partial charge on any atom is 0.255 e. The van der Waals surface area contributed by atoms with Crippen LogP contribution in [0.4, 0.5) is 28.4 Å². The number of carbonyl (C=O) groups is 3. The summed E-state index contributed by atoms with van der Waals surface area (Å²) in [7, 11) is 1.58. The van der Waals surface area contributed by atoms with Crippen LogP contribution >= 0.6 is 0 Å². The summed E-state index contributed by atoms with van der Waals surface area (Å²) in [6.07, 6.45) is 3.10. The van der Waals surface area contributed by atoms with Crippen LogP contribution < -0.4 is 30.7 Å². The van der Waals surface area contributed by atoms with E-state index in [1.54, 1.807) is 36.0 Å². The minimum atomic E-state index is -0.448. The number of amides is 3. The van der Waals surface area contributed by atoms with Crippen LogP contribution in [-0.4, -0.2) is 34.4 Å². The number of fused-ring (bicyclic) bond motifs is 1. The predicted molar refractivity (Wildman–Crippen MR) is 170 cm³/mol. The first kappa shape index (κ1) is 30.1. The molecule has 226 valence electrons. The number of para-hydroxylation sites is 2. The third kappa shape index (κ3) is 6.68. The SMILES string of the molecule is COc1ccccc1Oc1ccc(Nc2c(C#N)cnn3cc(NC(=O)c4ccc(NC(C)=O)c(NC(C)=O)c4)c(C)c23)cc1. The minimum absolute atomic E-state index is 0.252. The molecule has 0 saturated heterocycles. The van der Waals surface area contributed by atoms with Crippen molar-refractivity contribution in [2.75, 3.05) is 28.4 Å². The van der Waals surface area contributed by atoms with E-state index in [-0.39, 0.29) is 23.1 Å². The second kappa shape index (κ2) is 12.9. The molecule has 0 unspecified atom stereocenters. The van der Waals surface area contributed by atoms with Crippen molar-refractivity contribution in [2.24, 2.45) is 0 Å². The van der Waals surface area contributed by atoms with Crippen LogP contribution in [0.5, 0.6) is 17.2 Å². The number of ether oxygens (including phenoxy) is 2. The van der Waals surface area contributed by atoms with Gasteiger partial charge in [-0.25, -0.2) is 4.52 Å². The fourth-order valence-electron chi connectivity index (χ4n) is 4.68. The lowest BCUT2D eigenvalue weighted by molar-refractivity contribution is -0.115. The highest BCUT2D eigenvalue weighted by molar-refractivity contribution is 6.08. The van der Waals surface area contributed by atoms with Crippen LogP contribution in [0.2, 0.25) is 0 Å². The molecule has 4 N–H and O–H groups in total. The van der Waals surface area contributed by atoms with Crippen molar-refractivity contribution in [3.8, 4) is 23.3 Å². The average Bonchev–Trinajstić information content (AvgIpc) is 3.33. The van der Waals surface area contributed by atoms with Gasteiger partial charge in [0.05, 0.1) is 53.3 Å². The molecule has 3 aromatic carbocycles. The molecule has 0 fully saturated rings. The maximum absolute atomic E-state index is 13.3. The van der Waals surface area contributed by atoms with Crippen molar-refractivity contribution in [2.45, 2.75) is 20.8 Å². The lowest BCUT2D eigenvalue weighted by Crippen LogP contribution is -2.15. The zero-order valence-corrected chi connectivity index (χ0v) is 24.9. The van der Waals surface area contributed by atoms with Crippen molar-refractivity contribution in [3.63, 3.8) is 0 Å². The summed E-state index contributed by atoms with van der Waals surface area (Å²) < 4.78 is 12.9. The summed E-state index contributed by atoms with van der Waals surface area (Å²) in [6.45, 7) is 4.49. The fourth-order valence-corrected chi connectivity index (χ4v) is 4.68. The summed E-state index contributed by atoms with van der Waals surface area (Å²) in [5, 5.41) is 25.7. The quantitative estimate of drug-likeness (QED) is 0.154. The number of benzene rings is 3. The van der Waals surface area contributed by atoms with Gasteiger partial charge >= 0.3 is 0 Å². The van der Waals surface area contributed by atoms with E-state index in [0.717, 1.165) is 0 Å². The number of hydrogen-bond donors (Lipinski definition) is 4. The molecule has 5 aromatic rings. The molecule has 2 aromatic heterocycles. The van der Waals surface area contributed by atoms with E-state index in [1.807, 2.05) is 43.3 Å². The highest BCUT2D eigenvalue weighted by Gasteiger charge is 2.19. The van der Waals surface area contributed by atoms with Gasteiger partial charge in [0.1, 0.15) is 11.8 Å². The number of carbonyl (C=O) groups excluding carboxylic acids is 3. The average molecular weight is 604 g/mol. The normalized spacial score (nSPS) is 10.5. The molecule has 0 aliphatic carbocycles. The Bertz CT molecular complexity index is 1980. The first-order valence-corrected chi connectivity index (χ1v) is 13.8. The maximum atomic E-state index is 13.3. The van der Waals surface area contributed by atoms with Crippen LogP contribution in [-0.2, 0) is 9.59 Å². The molecule has 0 atom stereocenters. The monoisotopic (exact) mass is 603 g/mol. The molecule has 2 heterocycles. The molecule has 45 heavy (non-hydrogen) atoms. The Morgan fingerprint density at radius 1 is 0.867 bits per heavy atom.